The summed E-state index contributed by atoms with van der Waals surface area (Å²) in [5, 5.41) is 26.8. The van der Waals surface area contributed by atoms with Crippen LogP contribution >= 0.6 is 0 Å². The lowest BCUT2D eigenvalue weighted by molar-refractivity contribution is 0.699. The van der Waals surface area contributed by atoms with E-state index in [2.05, 4.69) is 32.1 Å². The van der Waals surface area contributed by atoms with Gasteiger partial charge in [0.2, 0.25) is 0 Å². The van der Waals surface area contributed by atoms with Crippen LogP contribution < -0.4 is 5.32 Å². The zero-order valence-corrected chi connectivity index (χ0v) is 10.3. The zero-order valence-electron chi connectivity index (χ0n) is 10.3. The van der Waals surface area contributed by atoms with Crippen molar-refractivity contribution in [3.63, 3.8) is 0 Å². The minimum absolute atomic E-state index is 0.471. The van der Waals surface area contributed by atoms with Crippen molar-refractivity contribution in [2.24, 2.45) is 0 Å². The number of aromatic amines is 1. The summed E-state index contributed by atoms with van der Waals surface area (Å²) >= 11 is 0. The summed E-state index contributed by atoms with van der Waals surface area (Å²) in [6.07, 6.45) is 7.18. The van der Waals surface area contributed by atoms with E-state index in [4.69, 9.17) is 5.26 Å². The Balaban J connectivity index is 1.74. The Kier molecular flexibility index (Phi) is 3.11. The fourth-order valence-corrected chi connectivity index (χ4v) is 2.27. The van der Waals surface area contributed by atoms with Gasteiger partial charge in [0.15, 0.2) is 11.6 Å². The first-order valence-corrected chi connectivity index (χ1v) is 6.22. The second kappa shape index (κ2) is 5.06. The van der Waals surface area contributed by atoms with E-state index >= 15 is 0 Å². The van der Waals surface area contributed by atoms with Crippen LogP contribution in [-0.2, 0) is 0 Å². The first-order valence-electron chi connectivity index (χ1n) is 6.22. The fraction of sp³-hybridized carbons (Fsp3) is 0.308. The SMILES string of the molecule is N#Cc1cnnc(Nc2cc([C@H]3C[CH]CC3)[nH]n2)c1. The molecular weight excluding hydrogens is 240 g/mol. The van der Waals surface area contributed by atoms with Crippen LogP contribution in [0.2, 0.25) is 0 Å². The van der Waals surface area contributed by atoms with E-state index in [1.54, 1.807) is 6.07 Å². The predicted molar refractivity (Wildman–Crippen MR) is 69.5 cm³/mol. The molecule has 0 saturated heterocycles. The number of hydrogen-bond acceptors (Lipinski definition) is 5. The molecule has 95 valence electrons. The van der Waals surface area contributed by atoms with Gasteiger partial charge in [-0.15, -0.1) is 5.10 Å². The predicted octanol–water partition coefficient (Wildman–Crippen LogP) is 2.29. The van der Waals surface area contributed by atoms with Crippen molar-refractivity contribution in [3.8, 4) is 6.07 Å². The minimum atomic E-state index is 0.471. The van der Waals surface area contributed by atoms with Crippen molar-refractivity contribution in [3.05, 3.63) is 36.0 Å². The van der Waals surface area contributed by atoms with E-state index in [9.17, 15) is 0 Å². The Morgan fingerprint density at radius 2 is 2.32 bits per heavy atom. The Morgan fingerprint density at radius 3 is 3.11 bits per heavy atom. The maximum Gasteiger partial charge on any atom is 0.155 e. The fourth-order valence-electron chi connectivity index (χ4n) is 2.27. The van der Waals surface area contributed by atoms with Crippen LogP contribution in [0, 0.1) is 17.8 Å². The first-order chi connectivity index (χ1) is 9.35. The molecule has 1 aliphatic carbocycles. The van der Waals surface area contributed by atoms with Crippen LogP contribution in [-0.4, -0.2) is 20.4 Å². The summed E-state index contributed by atoms with van der Waals surface area (Å²) < 4.78 is 0. The number of nitrogens with zero attached hydrogens (tertiary/aromatic N) is 4. The molecule has 2 N–H and O–H groups in total. The van der Waals surface area contributed by atoms with E-state index in [-0.39, 0.29) is 0 Å². The quantitative estimate of drug-likeness (QED) is 0.875. The molecule has 6 nitrogen and oxygen atoms in total. The highest BCUT2D eigenvalue weighted by Crippen LogP contribution is 2.33. The summed E-state index contributed by atoms with van der Waals surface area (Å²) in [6.45, 7) is 0. The average Bonchev–Trinajstić information content (AvgIpc) is 3.09. The van der Waals surface area contributed by atoms with Crippen LogP contribution in [0.1, 0.15) is 36.4 Å². The van der Waals surface area contributed by atoms with E-state index in [0.29, 0.717) is 23.1 Å². The Hall–Kier alpha value is -2.42. The Morgan fingerprint density at radius 1 is 1.37 bits per heavy atom. The van der Waals surface area contributed by atoms with Crippen molar-refractivity contribution in [2.75, 3.05) is 5.32 Å². The van der Waals surface area contributed by atoms with Gasteiger partial charge >= 0.3 is 0 Å². The molecule has 2 aromatic rings. The van der Waals surface area contributed by atoms with Gasteiger partial charge in [-0.25, -0.2) is 0 Å². The van der Waals surface area contributed by atoms with Gasteiger partial charge < -0.3 is 5.32 Å². The normalized spacial score (nSPS) is 15.3. The van der Waals surface area contributed by atoms with E-state index in [0.717, 1.165) is 12.1 Å². The highest BCUT2D eigenvalue weighted by atomic mass is 15.2. The molecule has 0 aromatic carbocycles. The number of nitriles is 1. The molecule has 0 amide bonds. The third-order valence-corrected chi connectivity index (χ3v) is 3.25. The van der Waals surface area contributed by atoms with Crippen molar-refractivity contribution >= 4 is 11.6 Å². The van der Waals surface area contributed by atoms with Gasteiger partial charge in [0.25, 0.3) is 0 Å². The van der Waals surface area contributed by atoms with Crippen LogP contribution in [0.25, 0.3) is 0 Å². The third-order valence-electron chi connectivity index (χ3n) is 3.25. The molecule has 1 fully saturated rings. The maximum atomic E-state index is 8.80. The highest BCUT2D eigenvalue weighted by molar-refractivity contribution is 5.53. The molecule has 0 bridgehead atoms. The van der Waals surface area contributed by atoms with Crippen molar-refractivity contribution in [1.29, 1.82) is 5.26 Å². The zero-order chi connectivity index (χ0) is 13.1. The molecule has 2 heterocycles. The van der Waals surface area contributed by atoms with E-state index in [1.165, 1.54) is 19.0 Å². The molecule has 2 aromatic heterocycles. The summed E-state index contributed by atoms with van der Waals surface area (Å²) in [4.78, 5) is 0. The minimum Gasteiger partial charge on any atom is -0.322 e. The number of anilines is 2. The van der Waals surface area contributed by atoms with Crippen LogP contribution in [0.15, 0.2) is 18.3 Å². The van der Waals surface area contributed by atoms with Crippen molar-refractivity contribution in [1.82, 2.24) is 20.4 Å². The maximum absolute atomic E-state index is 8.80. The molecule has 6 heteroatoms. The largest absolute Gasteiger partial charge is 0.322 e. The smallest absolute Gasteiger partial charge is 0.155 e. The summed E-state index contributed by atoms with van der Waals surface area (Å²) in [6, 6.07) is 5.66. The van der Waals surface area contributed by atoms with Gasteiger partial charge in [-0.1, -0.05) is 0 Å². The Bertz CT molecular complexity index is 606. The number of nitrogens with one attached hydrogen (secondary N) is 2. The second-order valence-corrected chi connectivity index (χ2v) is 4.57. The molecule has 1 saturated carbocycles. The highest BCUT2D eigenvalue weighted by Gasteiger charge is 2.19. The van der Waals surface area contributed by atoms with Gasteiger partial charge in [-0.05, 0) is 25.7 Å². The summed E-state index contributed by atoms with van der Waals surface area (Å²) in [5.41, 5.74) is 1.61. The van der Waals surface area contributed by atoms with Gasteiger partial charge in [0, 0.05) is 23.7 Å². The first kappa shape index (κ1) is 11.7. The molecule has 19 heavy (non-hydrogen) atoms. The van der Waals surface area contributed by atoms with E-state index < -0.39 is 0 Å². The number of H-pyrrole nitrogens is 1. The molecule has 0 spiro atoms. The third kappa shape index (κ3) is 2.55. The van der Waals surface area contributed by atoms with Crippen LogP contribution in [0.5, 0.6) is 0 Å². The van der Waals surface area contributed by atoms with Crippen molar-refractivity contribution in [2.45, 2.75) is 25.2 Å². The average molecular weight is 253 g/mol. The topological polar surface area (TPSA) is 90.3 Å². The molecule has 1 aliphatic rings. The van der Waals surface area contributed by atoms with Crippen LogP contribution in [0.3, 0.4) is 0 Å². The number of hydrogen-bond donors (Lipinski definition) is 2. The molecule has 0 unspecified atom stereocenters. The van der Waals surface area contributed by atoms with Gasteiger partial charge in [-0.3, -0.25) is 5.10 Å². The second-order valence-electron chi connectivity index (χ2n) is 4.57. The van der Waals surface area contributed by atoms with Gasteiger partial charge in [0.1, 0.15) is 6.07 Å². The molecule has 3 rings (SSSR count). The van der Waals surface area contributed by atoms with Crippen LogP contribution in [0.4, 0.5) is 11.6 Å². The van der Waals surface area contributed by atoms with E-state index in [1.807, 2.05) is 12.1 Å². The lowest BCUT2D eigenvalue weighted by atomic mass is 10.0. The monoisotopic (exact) mass is 253 g/mol. The molecule has 1 radical (unpaired) electrons. The molecule has 1 atom stereocenters. The number of rotatable bonds is 3. The number of aromatic nitrogens is 4. The summed E-state index contributed by atoms with van der Waals surface area (Å²) in [5.74, 6) is 1.76. The Labute approximate surface area is 110 Å². The molecular formula is C13H13N6. The lowest BCUT2D eigenvalue weighted by Crippen LogP contribution is -1.96. The van der Waals surface area contributed by atoms with Crippen molar-refractivity contribution < 1.29 is 0 Å². The van der Waals surface area contributed by atoms with Gasteiger partial charge in [0.05, 0.1) is 11.8 Å². The lowest BCUT2D eigenvalue weighted by Gasteiger charge is -2.03. The molecule has 0 aliphatic heterocycles. The standard InChI is InChI=1S/C13H13N6/c14-7-9-5-12(18-15-8-9)16-13-6-11(17-19-13)10-3-1-2-4-10/h1,5-6,8,10H,2-4H2,(H2,16,17,18,19)/t10-/m0/s1. The van der Waals surface area contributed by atoms with Gasteiger partial charge in [-0.2, -0.15) is 15.5 Å². The summed E-state index contributed by atoms with van der Waals surface area (Å²) in [7, 11) is 0.